The van der Waals surface area contributed by atoms with Crippen LogP contribution in [-0.4, -0.2) is 25.4 Å². The zero-order chi connectivity index (χ0) is 31.1. The Labute approximate surface area is 268 Å². The van der Waals surface area contributed by atoms with Gasteiger partial charge in [0.2, 0.25) is 0 Å². The lowest BCUT2D eigenvalue weighted by molar-refractivity contribution is 0.0739. The average Bonchev–Trinajstić information content (AvgIpc) is 3.42. The summed E-state index contributed by atoms with van der Waals surface area (Å²) in [5, 5.41) is 7.95. The SMILES string of the molecule is CCc1ccc(Sc2cc3cc4c(C#CC(C)(C)OC)c5cc6ccccc6cc5c(C#CC(C)(C)OC)c4cc3s2)cc1. The van der Waals surface area contributed by atoms with Crippen LogP contribution >= 0.6 is 23.1 Å². The molecule has 0 amide bonds. The summed E-state index contributed by atoms with van der Waals surface area (Å²) in [5.41, 5.74) is 2.19. The first-order chi connectivity index (χ1) is 21.1. The molecule has 0 aliphatic carbocycles. The van der Waals surface area contributed by atoms with E-state index in [2.05, 4.69) is 109 Å². The van der Waals surface area contributed by atoms with Crippen molar-refractivity contribution in [3.63, 3.8) is 0 Å². The van der Waals surface area contributed by atoms with Gasteiger partial charge in [0.1, 0.15) is 11.2 Å². The van der Waals surface area contributed by atoms with E-state index in [1.807, 2.05) is 50.8 Å². The standard InChI is InChI=1S/C40H36O2S2/c1-8-26-13-15-30(16-14-26)43-38-24-29-23-35-31(17-19-39(2,3)41-6)33-21-27-11-9-10-12-28(27)22-34(33)32(18-20-40(4,5)42-7)36(35)25-37(29)44-38/h9-16,21-25H,8H2,1-7H3. The first kappa shape index (κ1) is 30.3. The molecule has 2 nitrogen and oxygen atoms in total. The monoisotopic (exact) mass is 612 g/mol. The topological polar surface area (TPSA) is 18.5 Å². The molecule has 0 radical (unpaired) electrons. The van der Waals surface area contributed by atoms with Gasteiger partial charge in [0, 0.05) is 40.3 Å². The second-order valence-electron chi connectivity index (χ2n) is 12.0. The Bertz CT molecular complexity index is 2030. The van der Waals surface area contributed by atoms with Crippen LogP contribution in [0.5, 0.6) is 0 Å². The summed E-state index contributed by atoms with van der Waals surface area (Å²) in [5.74, 6) is 14.0. The third-order valence-electron chi connectivity index (χ3n) is 8.14. The van der Waals surface area contributed by atoms with Crippen LogP contribution in [0.25, 0.3) is 42.4 Å². The van der Waals surface area contributed by atoms with E-state index in [0.29, 0.717) is 0 Å². The minimum atomic E-state index is -0.583. The number of ether oxygens (including phenoxy) is 2. The van der Waals surface area contributed by atoms with Crippen molar-refractivity contribution in [1.29, 1.82) is 0 Å². The Balaban J connectivity index is 1.67. The number of benzene rings is 5. The fourth-order valence-electron chi connectivity index (χ4n) is 5.18. The smallest absolute Gasteiger partial charge is 0.123 e. The molecule has 5 aromatic carbocycles. The zero-order valence-electron chi connectivity index (χ0n) is 26.3. The van der Waals surface area contributed by atoms with E-state index in [0.717, 1.165) is 39.1 Å². The predicted molar refractivity (Wildman–Crippen MR) is 190 cm³/mol. The average molecular weight is 613 g/mol. The van der Waals surface area contributed by atoms with Crippen molar-refractivity contribution in [2.24, 2.45) is 0 Å². The van der Waals surface area contributed by atoms with E-state index in [1.54, 1.807) is 14.2 Å². The molecule has 4 heteroatoms. The minimum absolute atomic E-state index is 0.583. The summed E-state index contributed by atoms with van der Waals surface area (Å²) in [6.45, 7) is 10.2. The molecule has 0 atom stereocenters. The minimum Gasteiger partial charge on any atom is -0.366 e. The Hall–Kier alpha value is -3.77. The summed E-state index contributed by atoms with van der Waals surface area (Å²) in [4.78, 5) is 1.25. The number of thiophene rings is 1. The first-order valence-corrected chi connectivity index (χ1v) is 16.5. The molecular formula is C40H36O2S2. The molecule has 0 saturated heterocycles. The second-order valence-corrected chi connectivity index (χ2v) is 14.5. The number of fused-ring (bicyclic) bond motifs is 4. The fraction of sp³-hybridized carbons (Fsp3) is 0.250. The number of methoxy groups -OCH3 is 2. The maximum Gasteiger partial charge on any atom is 0.123 e. The lowest BCUT2D eigenvalue weighted by Gasteiger charge is -2.17. The molecule has 44 heavy (non-hydrogen) atoms. The van der Waals surface area contributed by atoms with Gasteiger partial charge < -0.3 is 9.47 Å². The van der Waals surface area contributed by atoms with Crippen molar-refractivity contribution in [1.82, 2.24) is 0 Å². The number of hydrogen-bond acceptors (Lipinski definition) is 4. The van der Waals surface area contributed by atoms with Gasteiger partial charge in [0.15, 0.2) is 0 Å². The molecule has 6 aromatic rings. The molecule has 6 rings (SSSR count). The Morgan fingerprint density at radius 3 is 1.66 bits per heavy atom. The van der Waals surface area contributed by atoms with Gasteiger partial charge in [-0.25, -0.2) is 0 Å². The molecule has 0 spiro atoms. The van der Waals surface area contributed by atoms with Crippen LogP contribution in [0, 0.1) is 23.7 Å². The van der Waals surface area contributed by atoms with Gasteiger partial charge in [0.25, 0.3) is 0 Å². The number of rotatable bonds is 5. The third-order valence-corrected chi connectivity index (χ3v) is 10.4. The second kappa shape index (κ2) is 12.0. The molecule has 0 saturated carbocycles. The summed E-state index contributed by atoms with van der Waals surface area (Å²) in [7, 11) is 3.41. The van der Waals surface area contributed by atoms with Crippen LogP contribution in [0.4, 0.5) is 0 Å². The highest BCUT2D eigenvalue weighted by Crippen LogP contribution is 2.42. The maximum absolute atomic E-state index is 5.70. The quantitative estimate of drug-likeness (QED) is 0.143. The normalized spacial score (nSPS) is 12.0. The van der Waals surface area contributed by atoms with E-state index in [-0.39, 0.29) is 0 Å². The summed E-state index contributed by atoms with van der Waals surface area (Å²) < 4.78 is 13.9. The highest BCUT2D eigenvalue weighted by atomic mass is 32.2. The van der Waals surface area contributed by atoms with Gasteiger partial charge in [-0.15, -0.1) is 11.3 Å². The van der Waals surface area contributed by atoms with Crippen molar-refractivity contribution < 1.29 is 9.47 Å². The van der Waals surface area contributed by atoms with E-state index in [9.17, 15) is 0 Å². The maximum atomic E-state index is 5.70. The molecule has 0 fully saturated rings. The highest BCUT2D eigenvalue weighted by molar-refractivity contribution is 8.01. The summed E-state index contributed by atoms with van der Waals surface area (Å²) in [6, 6.07) is 28.8. The van der Waals surface area contributed by atoms with Crippen molar-refractivity contribution in [2.45, 2.75) is 61.3 Å². The predicted octanol–water partition coefficient (Wildman–Crippen LogP) is 10.6. The molecule has 0 bridgehead atoms. The van der Waals surface area contributed by atoms with Gasteiger partial charge >= 0.3 is 0 Å². The molecule has 0 unspecified atom stereocenters. The van der Waals surface area contributed by atoms with E-state index < -0.39 is 11.2 Å². The molecule has 0 aliphatic rings. The largest absolute Gasteiger partial charge is 0.366 e. The lowest BCUT2D eigenvalue weighted by Crippen LogP contribution is -2.19. The molecule has 1 aromatic heterocycles. The van der Waals surface area contributed by atoms with Crippen LogP contribution in [0.15, 0.2) is 88.0 Å². The van der Waals surface area contributed by atoms with Crippen LogP contribution in [0.1, 0.15) is 51.3 Å². The van der Waals surface area contributed by atoms with E-state index in [4.69, 9.17) is 9.47 Å². The van der Waals surface area contributed by atoms with Crippen molar-refractivity contribution in [3.8, 4) is 23.7 Å². The van der Waals surface area contributed by atoms with Crippen molar-refractivity contribution in [2.75, 3.05) is 14.2 Å². The van der Waals surface area contributed by atoms with E-state index in [1.165, 1.54) is 35.5 Å². The third kappa shape index (κ3) is 6.10. The lowest BCUT2D eigenvalue weighted by atomic mass is 9.89. The number of aryl methyl sites for hydroxylation is 1. The Morgan fingerprint density at radius 1 is 0.659 bits per heavy atom. The first-order valence-electron chi connectivity index (χ1n) is 14.9. The fourth-order valence-corrected chi connectivity index (χ4v) is 7.41. The van der Waals surface area contributed by atoms with Crippen molar-refractivity contribution in [3.05, 3.63) is 95.6 Å². The number of hydrogen-bond donors (Lipinski definition) is 0. The van der Waals surface area contributed by atoms with Crippen LogP contribution in [-0.2, 0) is 15.9 Å². The zero-order valence-corrected chi connectivity index (χ0v) is 28.0. The summed E-state index contributed by atoms with van der Waals surface area (Å²) >= 11 is 3.64. The molecular weight excluding hydrogens is 577 g/mol. The Morgan fingerprint density at radius 2 is 1.16 bits per heavy atom. The molecule has 0 N–H and O–H groups in total. The molecule has 0 aliphatic heterocycles. The van der Waals surface area contributed by atoms with Crippen LogP contribution in [0.3, 0.4) is 0 Å². The molecule has 220 valence electrons. The molecule has 1 heterocycles. The summed E-state index contributed by atoms with van der Waals surface area (Å²) in [6.07, 6.45) is 1.05. The van der Waals surface area contributed by atoms with Crippen LogP contribution in [0.2, 0.25) is 0 Å². The van der Waals surface area contributed by atoms with Gasteiger partial charge in [-0.05, 0) is 114 Å². The van der Waals surface area contributed by atoms with Crippen molar-refractivity contribution >= 4 is 65.5 Å². The van der Waals surface area contributed by atoms with Crippen LogP contribution < -0.4 is 0 Å². The van der Waals surface area contributed by atoms with Gasteiger partial charge in [-0.1, -0.05) is 78.8 Å². The Kier molecular flexibility index (Phi) is 8.23. The van der Waals surface area contributed by atoms with Gasteiger partial charge in [-0.2, -0.15) is 0 Å². The van der Waals surface area contributed by atoms with Gasteiger partial charge in [-0.3, -0.25) is 0 Å². The van der Waals surface area contributed by atoms with Gasteiger partial charge in [0.05, 0.1) is 4.21 Å². The van der Waals surface area contributed by atoms with E-state index >= 15 is 0 Å². The highest BCUT2D eigenvalue weighted by Gasteiger charge is 2.18.